The molecule has 0 aliphatic carbocycles. The van der Waals surface area contributed by atoms with Crippen molar-refractivity contribution in [3.63, 3.8) is 0 Å². The summed E-state index contributed by atoms with van der Waals surface area (Å²) in [6.45, 7) is 3.43. The monoisotopic (exact) mass is 325 g/mol. The Balaban J connectivity index is 1.70. The molecule has 1 saturated heterocycles. The van der Waals surface area contributed by atoms with Gasteiger partial charge in [0, 0.05) is 31.4 Å². The van der Waals surface area contributed by atoms with Crippen molar-refractivity contribution in [3.8, 4) is 5.75 Å². The maximum Gasteiger partial charge on any atom is 0.247 e. The molecule has 0 unspecified atom stereocenters. The second kappa shape index (κ2) is 7.34. The van der Waals surface area contributed by atoms with Crippen LogP contribution >= 0.6 is 0 Å². The van der Waals surface area contributed by atoms with E-state index in [9.17, 15) is 4.79 Å². The van der Waals surface area contributed by atoms with Gasteiger partial charge in [0.15, 0.2) is 0 Å². The van der Waals surface area contributed by atoms with E-state index in [1.54, 1.807) is 17.0 Å². The number of aryl methyl sites for hydroxylation is 1. The van der Waals surface area contributed by atoms with E-state index >= 15 is 0 Å². The van der Waals surface area contributed by atoms with Crippen LogP contribution in [-0.2, 0) is 11.8 Å². The first kappa shape index (κ1) is 16.3. The van der Waals surface area contributed by atoms with Gasteiger partial charge in [0.25, 0.3) is 0 Å². The van der Waals surface area contributed by atoms with Crippen LogP contribution in [0.3, 0.4) is 0 Å². The molecular formula is C19H23N3O2. The van der Waals surface area contributed by atoms with E-state index in [2.05, 4.69) is 17.2 Å². The lowest BCUT2D eigenvalue weighted by molar-refractivity contribution is -0.126. The molecule has 24 heavy (non-hydrogen) atoms. The van der Waals surface area contributed by atoms with Crippen molar-refractivity contribution in [3.05, 3.63) is 53.9 Å². The summed E-state index contributed by atoms with van der Waals surface area (Å²) in [5.41, 5.74) is 2.10. The molecule has 1 fully saturated rings. The fourth-order valence-corrected chi connectivity index (χ4v) is 3.12. The Morgan fingerprint density at radius 1 is 1.38 bits per heavy atom. The second-order valence-electron chi connectivity index (χ2n) is 5.97. The van der Waals surface area contributed by atoms with Crippen LogP contribution in [0.5, 0.6) is 5.75 Å². The summed E-state index contributed by atoms with van der Waals surface area (Å²) in [5, 5.41) is 4.11. The molecule has 5 nitrogen and oxygen atoms in total. The third-order valence-electron chi connectivity index (χ3n) is 4.25. The first-order valence-corrected chi connectivity index (χ1v) is 8.37. The standard InChI is InChI=1S/C19H23N3O2/c1-3-24-17-9-7-16(8-10-17)18-5-4-12-22(18)19(23)11-6-15-13-20-21(2)14-15/h6-11,13-14,18H,3-5,12H2,1-2H3/b11-6+/t18-/m1/s1. The van der Waals surface area contributed by atoms with Crippen molar-refractivity contribution in [2.75, 3.05) is 13.2 Å². The molecule has 1 atom stereocenters. The minimum Gasteiger partial charge on any atom is -0.494 e. The third-order valence-corrected chi connectivity index (χ3v) is 4.25. The molecule has 1 amide bonds. The molecular weight excluding hydrogens is 302 g/mol. The van der Waals surface area contributed by atoms with Crippen LogP contribution in [-0.4, -0.2) is 33.7 Å². The topological polar surface area (TPSA) is 47.4 Å². The Hall–Kier alpha value is -2.56. The van der Waals surface area contributed by atoms with Gasteiger partial charge in [0.2, 0.25) is 5.91 Å². The van der Waals surface area contributed by atoms with Gasteiger partial charge < -0.3 is 9.64 Å². The summed E-state index contributed by atoms with van der Waals surface area (Å²) in [4.78, 5) is 14.5. The normalized spacial score (nSPS) is 17.6. The highest BCUT2D eigenvalue weighted by Crippen LogP contribution is 2.33. The van der Waals surface area contributed by atoms with Gasteiger partial charge in [0.05, 0.1) is 18.8 Å². The van der Waals surface area contributed by atoms with Crippen molar-refractivity contribution < 1.29 is 9.53 Å². The Morgan fingerprint density at radius 2 is 2.17 bits per heavy atom. The summed E-state index contributed by atoms with van der Waals surface area (Å²) >= 11 is 0. The van der Waals surface area contributed by atoms with Crippen LogP contribution in [0.4, 0.5) is 0 Å². The van der Waals surface area contributed by atoms with E-state index in [4.69, 9.17) is 4.74 Å². The number of hydrogen-bond acceptors (Lipinski definition) is 3. The number of rotatable bonds is 5. The first-order valence-electron chi connectivity index (χ1n) is 8.37. The summed E-state index contributed by atoms with van der Waals surface area (Å²) in [7, 11) is 1.86. The molecule has 1 aliphatic heterocycles. The Morgan fingerprint density at radius 3 is 2.83 bits per heavy atom. The van der Waals surface area contributed by atoms with E-state index in [1.807, 2.05) is 43.3 Å². The van der Waals surface area contributed by atoms with Gasteiger partial charge >= 0.3 is 0 Å². The number of carbonyl (C=O) groups is 1. The fourth-order valence-electron chi connectivity index (χ4n) is 3.12. The van der Waals surface area contributed by atoms with Crippen molar-refractivity contribution in [1.82, 2.24) is 14.7 Å². The molecule has 126 valence electrons. The Bertz CT molecular complexity index is 718. The molecule has 1 aromatic carbocycles. The molecule has 3 rings (SSSR count). The maximum absolute atomic E-state index is 12.6. The highest BCUT2D eigenvalue weighted by molar-refractivity contribution is 5.92. The van der Waals surface area contributed by atoms with Crippen LogP contribution < -0.4 is 4.74 Å². The second-order valence-corrected chi connectivity index (χ2v) is 5.97. The number of ether oxygens (including phenoxy) is 1. The van der Waals surface area contributed by atoms with Gasteiger partial charge in [-0.2, -0.15) is 5.10 Å². The van der Waals surface area contributed by atoms with E-state index in [-0.39, 0.29) is 11.9 Å². The fraction of sp³-hybridized carbons (Fsp3) is 0.368. The van der Waals surface area contributed by atoms with E-state index in [1.165, 1.54) is 5.56 Å². The summed E-state index contributed by atoms with van der Waals surface area (Å²) in [6, 6.07) is 8.22. The smallest absolute Gasteiger partial charge is 0.247 e. The van der Waals surface area contributed by atoms with E-state index in [0.717, 1.165) is 30.7 Å². The zero-order chi connectivity index (χ0) is 16.9. The molecule has 2 heterocycles. The number of likely N-dealkylation sites (tertiary alicyclic amines) is 1. The zero-order valence-corrected chi connectivity index (χ0v) is 14.2. The van der Waals surface area contributed by atoms with Crippen LogP contribution in [0.2, 0.25) is 0 Å². The average molecular weight is 325 g/mol. The average Bonchev–Trinajstić information content (AvgIpc) is 3.23. The van der Waals surface area contributed by atoms with E-state index in [0.29, 0.717) is 6.61 Å². The van der Waals surface area contributed by atoms with Gasteiger partial charge in [-0.3, -0.25) is 9.48 Å². The van der Waals surface area contributed by atoms with Crippen LogP contribution in [0, 0.1) is 0 Å². The summed E-state index contributed by atoms with van der Waals surface area (Å²) < 4.78 is 7.21. The van der Waals surface area contributed by atoms with Gasteiger partial charge in [-0.15, -0.1) is 0 Å². The molecule has 0 spiro atoms. The first-order chi connectivity index (χ1) is 11.7. The van der Waals surface area contributed by atoms with Crippen molar-refractivity contribution >= 4 is 12.0 Å². The highest BCUT2D eigenvalue weighted by Gasteiger charge is 2.28. The zero-order valence-electron chi connectivity index (χ0n) is 14.2. The predicted octanol–water partition coefficient (Wildman–Crippen LogP) is 3.20. The number of hydrogen-bond donors (Lipinski definition) is 0. The number of aromatic nitrogens is 2. The SMILES string of the molecule is CCOc1ccc([C@H]2CCCN2C(=O)/C=C/c2cnn(C)c2)cc1. The molecule has 5 heteroatoms. The minimum absolute atomic E-state index is 0.0511. The van der Waals surface area contributed by atoms with Crippen LogP contribution in [0.1, 0.15) is 36.9 Å². The number of amides is 1. The van der Waals surface area contributed by atoms with Crippen molar-refractivity contribution in [2.24, 2.45) is 7.05 Å². The van der Waals surface area contributed by atoms with Gasteiger partial charge in [0.1, 0.15) is 5.75 Å². The third kappa shape index (κ3) is 3.67. The molecule has 1 aromatic heterocycles. The van der Waals surface area contributed by atoms with Crippen LogP contribution in [0.15, 0.2) is 42.7 Å². The lowest BCUT2D eigenvalue weighted by atomic mass is 10.0. The molecule has 0 saturated carbocycles. The lowest BCUT2D eigenvalue weighted by Crippen LogP contribution is -2.28. The summed E-state index contributed by atoms with van der Waals surface area (Å²) in [6.07, 6.45) is 9.13. The van der Waals surface area contributed by atoms with Gasteiger partial charge in [-0.05, 0) is 43.5 Å². The van der Waals surface area contributed by atoms with Gasteiger partial charge in [-0.25, -0.2) is 0 Å². The number of benzene rings is 1. The van der Waals surface area contributed by atoms with Crippen molar-refractivity contribution in [1.29, 1.82) is 0 Å². The number of carbonyl (C=O) groups excluding carboxylic acids is 1. The van der Waals surface area contributed by atoms with Crippen molar-refractivity contribution in [2.45, 2.75) is 25.8 Å². The Labute approximate surface area is 142 Å². The minimum atomic E-state index is 0.0511. The highest BCUT2D eigenvalue weighted by atomic mass is 16.5. The molecule has 0 radical (unpaired) electrons. The van der Waals surface area contributed by atoms with Crippen LogP contribution in [0.25, 0.3) is 6.08 Å². The quantitative estimate of drug-likeness (QED) is 0.793. The van der Waals surface area contributed by atoms with E-state index < -0.39 is 0 Å². The summed E-state index contributed by atoms with van der Waals surface area (Å²) in [5.74, 6) is 0.920. The molecule has 0 bridgehead atoms. The van der Waals surface area contributed by atoms with Gasteiger partial charge in [-0.1, -0.05) is 12.1 Å². The molecule has 2 aromatic rings. The largest absolute Gasteiger partial charge is 0.494 e. The maximum atomic E-state index is 12.6. The molecule has 1 aliphatic rings. The predicted molar refractivity (Wildman–Crippen MR) is 93.5 cm³/mol. The Kier molecular flexibility index (Phi) is 4.99. The molecule has 0 N–H and O–H groups in total. The lowest BCUT2D eigenvalue weighted by Gasteiger charge is -2.24. The number of nitrogens with zero attached hydrogens (tertiary/aromatic N) is 3.